The maximum Gasteiger partial charge on any atom is 0.287 e. The Labute approximate surface area is 153 Å². The van der Waals surface area contributed by atoms with E-state index >= 15 is 0 Å². The molecule has 0 saturated heterocycles. The number of carbonyl (C=O) groups is 1. The molecule has 4 N–H and O–H groups in total. The zero-order valence-corrected chi connectivity index (χ0v) is 14.2. The third kappa shape index (κ3) is 4.31. The number of aromatic nitrogens is 2. The first kappa shape index (κ1) is 18.6. The highest BCUT2D eigenvalue weighted by molar-refractivity contribution is 5.98. The van der Waals surface area contributed by atoms with Crippen molar-refractivity contribution in [3.8, 4) is 5.88 Å². The lowest BCUT2D eigenvalue weighted by Crippen LogP contribution is -2.32. The van der Waals surface area contributed by atoms with Crippen molar-refractivity contribution in [3.63, 3.8) is 0 Å². The Kier molecular flexibility index (Phi) is 5.81. The number of aliphatic hydroxyl groups is 1. The van der Waals surface area contributed by atoms with Crippen molar-refractivity contribution in [1.29, 1.82) is 0 Å². The molecule has 10 nitrogen and oxygen atoms in total. The lowest BCUT2D eigenvalue weighted by molar-refractivity contribution is -0.123. The number of aliphatic hydroxyl groups excluding tert-OH is 1. The third-order valence-electron chi connectivity index (χ3n) is 4.05. The predicted octanol–water partition coefficient (Wildman–Crippen LogP) is 0.109. The summed E-state index contributed by atoms with van der Waals surface area (Å²) >= 11 is 0. The molecule has 0 saturated carbocycles. The van der Waals surface area contributed by atoms with Crippen molar-refractivity contribution < 1.29 is 28.9 Å². The molecule has 27 heavy (non-hydrogen) atoms. The minimum absolute atomic E-state index is 0.0303. The van der Waals surface area contributed by atoms with Gasteiger partial charge in [-0.2, -0.15) is 0 Å². The summed E-state index contributed by atoms with van der Waals surface area (Å²) < 4.78 is 23.4. The molecular formula is C16H18FN5O5. The van der Waals surface area contributed by atoms with Gasteiger partial charge in [0.1, 0.15) is 5.82 Å². The number of rotatable bonds is 7. The van der Waals surface area contributed by atoms with Crippen LogP contribution in [0.5, 0.6) is 5.88 Å². The average molecular weight is 379 g/mol. The van der Waals surface area contributed by atoms with E-state index in [0.29, 0.717) is 6.42 Å². The standard InChI is InChI=1S/C16H18FN5O5/c17-10-3-1-9-2-4-12(11(9)7-10)19-15(20-25)14-16(22-27-21-14)26-8-13(24)18-5-6-23/h1,3,7,12,23,25H,2,4-6,8H2,(H,18,24)(H,19,20)/t12-/m0/s1. The number of oxime groups is 1. The summed E-state index contributed by atoms with van der Waals surface area (Å²) in [7, 11) is 0. The number of hydrogen-bond acceptors (Lipinski definition) is 8. The van der Waals surface area contributed by atoms with Gasteiger partial charge in [-0.25, -0.2) is 9.02 Å². The Balaban J connectivity index is 1.69. The number of nitrogens with zero attached hydrogens (tertiary/aromatic N) is 3. The van der Waals surface area contributed by atoms with Crippen LogP contribution >= 0.6 is 0 Å². The van der Waals surface area contributed by atoms with Crippen molar-refractivity contribution in [2.24, 2.45) is 5.16 Å². The van der Waals surface area contributed by atoms with E-state index in [0.717, 1.165) is 17.5 Å². The van der Waals surface area contributed by atoms with Crippen molar-refractivity contribution in [3.05, 3.63) is 40.8 Å². The van der Waals surface area contributed by atoms with E-state index < -0.39 is 12.5 Å². The largest absolute Gasteiger partial charge is 0.464 e. The molecule has 11 heteroatoms. The molecular weight excluding hydrogens is 361 g/mol. The van der Waals surface area contributed by atoms with Crippen LogP contribution < -0.4 is 15.4 Å². The van der Waals surface area contributed by atoms with Gasteiger partial charge in [0.15, 0.2) is 6.61 Å². The molecule has 0 unspecified atom stereocenters. The molecule has 1 aliphatic carbocycles. The number of amidine groups is 1. The van der Waals surface area contributed by atoms with E-state index in [1.165, 1.54) is 12.1 Å². The van der Waals surface area contributed by atoms with Crippen molar-refractivity contribution in [1.82, 2.24) is 20.9 Å². The van der Waals surface area contributed by atoms with Crippen LogP contribution in [-0.2, 0) is 11.2 Å². The van der Waals surface area contributed by atoms with Crippen molar-refractivity contribution in [2.45, 2.75) is 18.9 Å². The maximum atomic E-state index is 13.5. The summed E-state index contributed by atoms with van der Waals surface area (Å²) in [5.74, 6) is -1.06. The van der Waals surface area contributed by atoms with Crippen LogP contribution in [0.3, 0.4) is 0 Å². The Bertz CT molecular complexity index is 840. The highest BCUT2D eigenvalue weighted by Crippen LogP contribution is 2.32. The van der Waals surface area contributed by atoms with Crippen LogP contribution in [0, 0.1) is 5.82 Å². The number of fused-ring (bicyclic) bond motifs is 1. The number of aryl methyl sites for hydroxylation is 1. The second-order valence-electron chi connectivity index (χ2n) is 5.81. The van der Waals surface area contributed by atoms with Crippen LogP contribution in [0.2, 0.25) is 0 Å². The highest BCUT2D eigenvalue weighted by Gasteiger charge is 2.27. The molecule has 1 aromatic carbocycles. The van der Waals surface area contributed by atoms with Gasteiger partial charge in [-0.15, -0.1) is 0 Å². The first-order chi connectivity index (χ1) is 13.1. The highest BCUT2D eigenvalue weighted by atomic mass is 19.1. The average Bonchev–Trinajstić information content (AvgIpc) is 3.29. The summed E-state index contributed by atoms with van der Waals surface area (Å²) in [6.07, 6.45) is 1.42. The van der Waals surface area contributed by atoms with Gasteiger partial charge in [0.25, 0.3) is 11.8 Å². The van der Waals surface area contributed by atoms with E-state index in [2.05, 4.69) is 30.7 Å². The second kappa shape index (κ2) is 8.45. The maximum absolute atomic E-state index is 13.5. The van der Waals surface area contributed by atoms with Gasteiger partial charge in [0, 0.05) is 6.54 Å². The van der Waals surface area contributed by atoms with Gasteiger partial charge in [-0.05, 0) is 46.4 Å². The molecule has 1 amide bonds. The monoisotopic (exact) mass is 379 g/mol. The van der Waals surface area contributed by atoms with E-state index in [4.69, 9.17) is 9.84 Å². The molecule has 1 atom stereocenters. The van der Waals surface area contributed by atoms with Gasteiger partial charge in [-0.3, -0.25) is 4.79 Å². The van der Waals surface area contributed by atoms with Crippen LogP contribution in [0.4, 0.5) is 4.39 Å². The minimum Gasteiger partial charge on any atom is -0.464 e. The lowest BCUT2D eigenvalue weighted by atomic mass is 10.1. The normalized spacial score (nSPS) is 16.1. The SMILES string of the molecule is O=C(COc1nonc1/C(=N/O)N[C@H]1CCc2ccc(F)cc21)NCCO. The van der Waals surface area contributed by atoms with Gasteiger partial charge < -0.3 is 25.7 Å². The molecule has 0 spiro atoms. The smallest absolute Gasteiger partial charge is 0.287 e. The number of halogens is 1. The van der Waals surface area contributed by atoms with Crippen LogP contribution in [0.15, 0.2) is 28.0 Å². The Morgan fingerprint density at radius 2 is 2.30 bits per heavy atom. The van der Waals surface area contributed by atoms with Crippen LogP contribution in [-0.4, -0.2) is 52.1 Å². The number of amides is 1. The zero-order valence-electron chi connectivity index (χ0n) is 14.2. The Morgan fingerprint density at radius 1 is 1.44 bits per heavy atom. The predicted molar refractivity (Wildman–Crippen MR) is 88.8 cm³/mol. The van der Waals surface area contributed by atoms with E-state index in [1.807, 2.05) is 0 Å². The van der Waals surface area contributed by atoms with E-state index in [1.54, 1.807) is 6.07 Å². The number of carbonyl (C=O) groups excluding carboxylic acids is 1. The van der Waals surface area contributed by atoms with E-state index in [9.17, 15) is 14.4 Å². The summed E-state index contributed by atoms with van der Waals surface area (Å²) in [5, 5.41) is 33.7. The van der Waals surface area contributed by atoms with Crippen molar-refractivity contribution in [2.75, 3.05) is 19.8 Å². The molecule has 144 valence electrons. The Hall–Kier alpha value is -3.21. The fourth-order valence-corrected chi connectivity index (χ4v) is 2.83. The van der Waals surface area contributed by atoms with Gasteiger partial charge in [0.2, 0.25) is 11.5 Å². The van der Waals surface area contributed by atoms with E-state index in [-0.39, 0.29) is 42.4 Å². The van der Waals surface area contributed by atoms with Crippen LogP contribution in [0.25, 0.3) is 0 Å². The first-order valence-corrected chi connectivity index (χ1v) is 8.22. The topological polar surface area (TPSA) is 142 Å². The number of benzene rings is 1. The zero-order chi connectivity index (χ0) is 19.2. The quantitative estimate of drug-likeness (QED) is 0.230. The summed E-state index contributed by atoms with van der Waals surface area (Å²) in [6.45, 7) is -0.497. The number of hydrogen-bond donors (Lipinski definition) is 4. The molecule has 1 aliphatic rings. The third-order valence-corrected chi connectivity index (χ3v) is 4.05. The lowest BCUT2D eigenvalue weighted by Gasteiger charge is -2.15. The molecule has 0 bridgehead atoms. The molecule has 0 aliphatic heterocycles. The molecule has 0 fully saturated rings. The Morgan fingerprint density at radius 3 is 3.07 bits per heavy atom. The summed E-state index contributed by atoms with van der Waals surface area (Å²) in [6, 6.07) is 4.26. The fourth-order valence-electron chi connectivity index (χ4n) is 2.83. The first-order valence-electron chi connectivity index (χ1n) is 8.22. The van der Waals surface area contributed by atoms with Crippen LogP contribution in [0.1, 0.15) is 29.3 Å². The van der Waals surface area contributed by atoms with Crippen molar-refractivity contribution >= 4 is 11.7 Å². The summed E-state index contributed by atoms with van der Waals surface area (Å²) in [5.41, 5.74) is 1.73. The number of ether oxygens (including phenoxy) is 1. The minimum atomic E-state index is -0.478. The van der Waals surface area contributed by atoms with Gasteiger partial charge in [0.05, 0.1) is 12.6 Å². The fraction of sp³-hybridized carbons (Fsp3) is 0.375. The van der Waals surface area contributed by atoms with Gasteiger partial charge in [-0.1, -0.05) is 11.2 Å². The van der Waals surface area contributed by atoms with Gasteiger partial charge >= 0.3 is 0 Å². The summed E-state index contributed by atoms with van der Waals surface area (Å²) in [4.78, 5) is 11.5. The molecule has 2 aromatic rings. The number of nitrogens with one attached hydrogen (secondary N) is 2. The second-order valence-corrected chi connectivity index (χ2v) is 5.81. The molecule has 0 radical (unpaired) electrons. The molecule has 3 rings (SSSR count). The molecule has 1 aromatic heterocycles. The molecule has 1 heterocycles.